The number of fused-ring (bicyclic) bond motifs is 1. The number of hydrogen-bond acceptors (Lipinski definition) is 5. The van der Waals surface area contributed by atoms with Crippen molar-refractivity contribution in [2.75, 3.05) is 20.1 Å². The van der Waals surface area contributed by atoms with Gasteiger partial charge >= 0.3 is 12.0 Å². The van der Waals surface area contributed by atoms with Gasteiger partial charge in [0.1, 0.15) is 11.5 Å². The van der Waals surface area contributed by atoms with Crippen LogP contribution in [-0.4, -0.2) is 79.9 Å². The molecule has 1 saturated heterocycles. The zero-order valence-electron chi connectivity index (χ0n) is 17.3. The molecule has 1 fully saturated rings. The summed E-state index contributed by atoms with van der Waals surface area (Å²) in [5.41, 5.74) is 1.74. The average Bonchev–Trinajstić information content (AvgIpc) is 3.14. The van der Waals surface area contributed by atoms with Crippen LogP contribution in [0.2, 0.25) is 0 Å². The van der Waals surface area contributed by atoms with Gasteiger partial charge in [0.15, 0.2) is 0 Å². The van der Waals surface area contributed by atoms with E-state index in [9.17, 15) is 14.4 Å². The van der Waals surface area contributed by atoms with Crippen molar-refractivity contribution in [3.63, 3.8) is 0 Å². The maximum atomic E-state index is 13.2. The fraction of sp³-hybridized carbons (Fsp3) is 0.579. The summed E-state index contributed by atoms with van der Waals surface area (Å²) in [6.45, 7) is 9.76. The number of hydrogen-bond donors (Lipinski definition) is 0. The number of urea groups is 1. The van der Waals surface area contributed by atoms with E-state index in [1.165, 1.54) is 11.8 Å². The molecular formula is C19H27N6O3+. The first-order chi connectivity index (χ1) is 13.1. The number of likely N-dealkylation sites (N-methyl/N-ethyl adjacent to an activating group) is 1. The number of amidine groups is 1. The highest BCUT2D eigenvalue weighted by atomic mass is 16.2. The molecule has 3 rings (SSSR count). The molecule has 0 aromatic carbocycles. The van der Waals surface area contributed by atoms with Gasteiger partial charge in [0.25, 0.3) is 5.91 Å². The molecule has 0 bridgehead atoms. The fourth-order valence-electron chi connectivity index (χ4n) is 3.50. The number of aryl methyl sites for hydroxylation is 2. The van der Waals surface area contributed by atoms with Crippen LogP contribution in [0.15, 0.2) is 11.1 Å². The van der Waals surface area contributed by atoms with Crippen LogP contribution in [-0.2, 0) is 9.59 Å². The Morgan fingerprint density at radius 3 is 2.50 bits per heavy atom. The van der Waals surface area contributed by atoms with E-state index >= 15 is 0 Å². The summed E-state index contributed by atoms with van der Waals surface area (Å²) in [4.78, 5) is 44.4. The Labute approximate surface area is 164 Å². The van der Waals surface area contributed by atoms with Crippen LogP contribution in [0.3, 0.4) is 0 Å². The number of ketones is 1. The number of carbonyl (C=O) groups excluding carboxylic acids is 3. The molecule has 2 aliphatic heterocycles. The van der Waals surface area contributed by atoms with E-state index in [1.54, 1.807) is 11.7 Å². The van der Waals surface area contributed by atoms with Crippen molar-refractivity contribution < 1.29 is 19.0 Å². The number of carbonyl (C=O) groups is 3. The second kappa shape index (κ2) is 7.29. The van der Waals surface area contributed by atoms with Crippen molar-refractivity contribution in [2.24, 2.45) is 10.9 Å². The van der Waals surface area contributed by atoms with Crippen LogP contribution in [0.1, 0.15) is 38.6 Å². The Morgan fingerprint density at radius 1 is 1.29 bits per heavy atom. The van der Waals surface area contributed by atoms with Crippen molar-refractivity contribution in [1.82, 2.24) is 19.6 Å². The number of amides is 3. The van der Waals surface area contributed by atoms with Gasteiger partial charge in [-0.05, 0) is 39.2 Å². The summed E-state index contributed by atoms with van der Waals surface area (Å²) >= 11 is 0. The monoisotopic (exact) mass is 387 g/mol. The van der Waals surface area contributed by atoms with Gasteiger partial charge in [0.2, 0.25) is 11.9 Å². The minimum Gasteiger partial charge on any atom is -0.298 e. The predicted octanol–water partition coefficient (Wildman–Crippen LogP) is 1.03. The molecule has 1 aromatic rings. The van der Waals surface area contributed by atoms with E-state index in [1.807, 2.05) is 24.5 Å². The van der Waals surface area contributed by atoms with Crippen molar-refractivity contribution in [3.05, 3.63) is 17.5 Å². The van der Waals surface area contributed by atoms with Gasteiger partial charge in [-0.15, -0.1) is 9.78 Å². The largest absolute Gasteiger partial charge is 0.421 e. The number of rotatable bonds is 5. The van der Waals surface area contributed by atoms with Gasteiger partial charge in [-0.1, -0.05) is 18.8 Å². The molecule has 3 amide bonds. The molecule has 0 radical (unpaired) electrons. The summed E-state index contributed by atoms with van der Waals surface area (Å²) in [6.07, 6.45) is 0.847. The lowest BCUT2D eigenvalue weighted by Gasteiger charge is -2.33. The van der Waals surface area contributed by atoms with Gasteiger partial charge in [0.05, 0.1) is 18.8 Å². The van der Waals surface area contributed by atoms with Gasteiger partial charge in [-0.2, -0.15) is 0 Å². The fourth-order valence-corrected chi connectivity index (χ4v) is 3.50. The van der Waals surface area contributed by atoms with Crippen LogP contribution in [0, 0.1) is 19.8 Å². The lowest BCUT2D eigenvalue weighted by atomic mass is 10.1. The Kier molecular flexibility index (Phi) is 5.18. The number of imide groups is 1. The first-order valence-electron chi connectivity index (χ1n) is 9.46. The highest BCUT2D eigenvalue weighted by Gasteiger charge is 2.53. The minimum atomic E-state index is -0.736. The number of aromatic nitrogens is 2. The van der Waals surface area contributed by atoms with Crippen molar-refractivity contribution in [2.45, 2.75) is 47.1 Å². The van der Waals surface area contributed by atoms with Gasteiger partial charge in [-0.3, -0.25) is 19.4 Å². The maximum Gasteiger partial charge on any atom is 0.421 e. The smallest absolute Gasteiger partial charge is 0.298 e. The second-order valence-corrected chi connectivity index (χ2v) is 7.86. The quantitative estimate of drug-likeness (QED) is 0.706. The van der Waals surface area contributed by atoms with Crippen LogP contribution >= 0.6 is 0 Å². The molecule has 0 N–H and O–H groups in total. The SMILES string of the molecule is CC(=O)CN1C(=O)C2C(=NC(n3nc(C)cc3C)=[N+]2CCC(C)C)N(C)C1=O. The first-order valence-corrected chi connectivity index (χ1v) is 9.46. The number of nitrogens with zero attached hydrogens (tertiary/aromatic N) is 6. The molecule has 9 heteroatoms. The van der Waals surface area contributed by atoms with E-state index in [0.29, 0.717) is 24.3 Å². The number of Topliss-reactive ketones (excluding diaryl/α,β-unsaturated/α-hetero) is 1. The standard InChI is InChI=1S/C19H27N6O3/c1-11(2)7-8-23-15-16(20-18(23)25-13(4)9-12(3)21-25)22(6)19(28)24(17(15)27)10-14(5)26/h9,11,15H,7-8,10H2,1-6H3/q+1. The molecular weight excluding hydrogens is 360 g/mol. The van der Waals surface area contributed by atoms with Gasteiger partial charge < -0.3 is 0 Å². The highest BCUT2D eigenvalue weighted by Crippen LogP contribution is 2.22. The lowest BCUT2D eigenvalue weighted by Crippen LogP contribution is -2.63. The summed E-state index contributed by atoms with van der Waals surface area (Å²) in [5.74, 6) is 0.671. The molecule has 28 heavy (non-hydrogen) atoms. The number of aliphatic imine (C=N–C) groups is 1. The molecule has 0 aliphatic carbocycles. The lowest BCUT2D eigenvalue weighted by molar-refractivity contribution is -0.538. The molecule has 1 atom stereocenters. The summed E-state index contributed by atoms with van der Waals surface area (Å²) in [5, 5.41) is 4.51. The first kappa shape index (κ1) is 19.9. The third-order valence-electron chi connectivity index (χ3n) is 4.92. The average molecular weight is 387 g/mol. The summed E-state index contributed by atoms with van der Waals surface area (Å²) in [6, 6.07) is 0.669. The molecule has 0 saturated carbocycles. The molecule has 2 aliphatic rings. The summed E-state index contributed by atoms with van der Waals surface area (Å²) in [7, 11) is 1.58. The van der Waals surface area contributed by atoms with Crippen LogP contribution in [0.25, 0.3) is 0 Å². The molecule has 9 nitrogen and oxygen atoms in total. The zero-order valence-corrected chi connectivity index (χ0v) is 17.3. The van der Waals surface area contributed by atoms with E-state index in [4.69, 9.17) is 0 Å². The zero-order chi connectivity index (χ0) is 20.7. The highest BCUT2D eigenvalue weighted by molar-refractivity contribution is 6.23. The Morgan fingerprint density at radius 2 is 1.96 bits per heavy atom. The van der Waals surface area contributed by atoms with E-state index in [2.05, 4.69) is 23.9 Å². The Balaban J connectivity index is 2.11. The molecule has 3 heterocycles. The topological polar surface area (TPSA) is 90.9 Å². The van der Waals surface area contributed by atoms with E-state index in [0.717, 1.165) is 22.7 Å². The predicted molar refractivity (Wildman–Crippen MR) is 103 cm³/mol. The normalized spacial score (nSPS) is 19.7. The Hall–Kier alpha value is -2.84. The van der Waals surface area contributed by atoms with Crippen molar-refractivity contribution in [1.29, 1.82) is 0 Å². The van der Waals surface area contributed by atoms with E-state index in [-0.39, 0.29) is 12.3 Å². The maximum absolute atomic E-state index is 13.2. The summed E-state index contributed by atoms with van der Waals surface area (Å²) < 4.78 is 3.61. The third-order valence-corrected chi connectivity index (χ3v) is 4.92. The molecule has 1 unspecified atom stereocenters. The molecule has 1 aromatic heterocycles. The Bertz CT molecular complexity index is 911. The van der Waals surface area contributed by atoms with Gasteiger partial charge in [0, 0.05) is 7.05 Å². The minimum absolute atomic E-state index is 0.237. The van der Waals surface area contributed by atoms with Gasteiger partial charge in [-0.25, -0.2) is 9.37 Å². The van der Waals surface area contributed by atoms with Crippen LogP contribution in [0.5, 0.6) is 0 Å². The van der Waals surface area contributed by atoms with Crippen LogP contribution in [0.4, 0.5) is 4.79 Å². The van der Waals surface area contributed by atoms with E-state index < -0.39 is 18.0 Å². The van der Waals surface area contributed by atoms with Crippen molar-refractivity contribution >= 4 is 29.5 Å². The second-order valence-electron chi connectivity index (χ2n) is 7.86. The molecule has 150 valence electrons. The third kappa shape index (κ3) is 3.36. The van der Waals surface area contributed by atoms with Crippen LogP contribution < -0.4 is 0 Å². The van der Waals surface area contributed by atoms with Crippen molar-refractivity contribution in [3.8, 4) is 0 Å². The molecule has 0 spiro atoms.